The minimum absolute atomic E-state index is 0. The fraction of sp³-hybridized carbons (Fsp3) is 0. The molecule has 0 amide bonds. The number of hydrogen-bond acceptors (Lipinski definition) is 0. The van der Waals surface area contributed by atoms with Crippen LogP contribution in [0.1, 0.15) is 0 Å². The van der Waals surface area contributed by atoms with Gasteiger partial charge in [-0.25, -0.2) is 0 Å². The molecule has 0 radical (unpaired) electrons. The van der Waals surface area contributed by atoms with Gasteiger partial charge >= 0.3 is 54.8 Å². The van der Waals surface area contributed by atoms with Gasteiger partial charge in [-0.15, -0.1) is 0 Å². The summed E-state index contributed by atoms with van der Waals surface area (Å²) in [5.74, 6) is 0. The molecule has 0 atom stereocenters. The van der Waals surface area contributed by atoms with E-state index < -0.39 is 0 Å². The van der Waals surface area contributed by atoms with E-state index in [9.17, 15) is 0 Å². The topological polar surface area (TPSA) is 0 Å². The van der Waals surface area contributed by atoms with Crippen LogP contribution >= 0.6 is 0 Å². The van der Waals surface area contributed by atoms with Gasteiger partial charge in [0.25, 0.3) is 0 Å². The minimum atomic E-state index is 0. The van der Waals surface area contributed by atoms with Crippen molar-refractivity contribution in [3.8, 4) is 0 Å². The molecule has 0 bridgehead atoms. The zero-order chi connectivity index (χ0) is 0. The first kappa shape index (κ1) is 65.2. The Bertz CT molecular complexity index is 7.51. The van der Waals surface area contributed by atoms with Crippen LogP contribution in [-0.2, 0) is 17.1 Å². The largest absolute Gasteiger partial charge is 2.00 e. The van der Waals surface area contributed by atoms with Crippen molar-refractivity contribution in [2.45, 2.75) is 0 Å². The first-order chi connectivity index (χ1) is 0. The van der Waals surface area contributed by atoms with Crippen molar-refractivity contribution in [3.05, 3.63) is 0 Å². The summed E-state index contributed by atoms with van der Waals surface area (Å²) in [4.78, 5) is 0. The molecule has 6 heavy (non-hydrogen) atoms. The minimum Gasteiger partial charge on any atom is -1.00 e. The Labute approximate surface area is 103 Å². The second-order valence-electron chi connectivity index (χ2n) is 0. The van der Waals surface area contributed by atoms with E-state index >= 15 is 0 Å². The van der Waals surface area contributed by atoms with Crippen LogP contribution < -0.4 is 49.6 Å². The molecule has 0 aliphatic rings. The van der Waals surface area contributed by atoms with E-state index in [0.717, 1.165) is 0 Å². The maximum atomic E-state index is 0. The third kappa shape index (κ3) is 28.3. The van der Waals surface area contributed by atoms with Crippen LogP contribution in [0.2, 0.25) is 0 Å². The fourth-order valence-electron chi connectivity index (χ4n) is 0. The van der Waals surface area contributed by atoms with Crippen LogP contribution in [0.3, 0.4) is 0 Å². The molecule has 0 heterocycles. The second kappa shape index (κ2) is 44.3. The van der Waals surface area contributed by atoms with Crippen molar-refractivity contribution in [1.82, 2.24) is 0 Å². The molecule has 0 aromatic carbocycles. The molecule has 0 saturated carbocycles. The van der Waals surface area contributed by atoms with Crippen molar-refractivity contribution in [1.29, 1.82) is 0 Å². The number of halogens is 4. The molecule has 0 saturated heterocycles. The maximum absolute atomic E-state index is 0. The molecule has 6 heteroatoms. The molecule has 0 N–H and O–H groups in total. The molecule has 0 aliphatic heterocycles. The third-order valence-electron chi connectivity index (χ3n) is 0. The van der Waals surface area contributed by atoms with Gasteiger partial charge in [-0.05, 0) is 0 Å². The summed E-state index contributed by atoms with van der Waals surface area (Å²) < 4.78 is 0. The molecule has 38 valence electrons. The molecule has 0 spiro atoms. The molecular formula is CaCl4Fe. The molecule has 0 rings (SSSR count). The summed E-state index contributed by atoms with van der Waals surface area (Å²) in [5.41, 5.74) is 0. The zero-order valence-corrected chi connectivity index (χ0v) is 8.91. The Morgan fingerprint density at radius 3 is 0.500 bits per heavy atom. The molecule has 0 unspecified atom stereocenters. The van der Waals surface area contributed by atoms with Crippen LogP contribution in [-0.4, -0.2) is 37.7 Å². The Hall–Kier alpha value is 2.94. The molecule has 0 aliphatic carbocycles. The summed E-state index contributed by atoms with van der Waals surface area (Å²) in [6.45, 7) is 0. The molecule has 0 fully saturated rings. The van der Waals surface area contributed by atoms with E-state index in [2.05, 4.69) is 0 Å². The molecule has 0 aromatic rings. The maximum Gasteiger partial charge on any atom is 2.00 e. The van der Waals surface area contributed by atoms with Crippen molar-refractivity contribution < 1.29 is 66.7 Å². The standard InChI is InChI=1S/Ca.4ClH.Fe/h;4*1H;/q+2;;;;;+2/p-4. The van der Waals surface area contributed by atoms with E-state index in [-0.39, 0.29) is 104 Å². The van der Waals surface area contributed by atoms with Gasteiger partial charge in [0.1, 0.15) is 0 Å². The van der Waals surface area contributed by atoms with Gasteiger partial charge in [0.15, 0.2) is 0 Å². The van der Waals surface area contributed by atoms with E-state index in [1.807, 2.05) is 0 Å². The van der Waals surface area contributed by atoms with Gasteiger partial charge in [0.2, 0.25) is 0 Å². The van der Waals surface area contributed by atoms with Gasteiger partial charge in [-0.3, -0.25) is 0 Å². The van der Waals surface area contributed by atoms with Gasteiger partial charge in [-0.1, -0.05) is 0 Å². The Morgan fingerprint density at radius 1 is 0.500 bits per heavy atom. The average Bonchev–Trinajstić information content (AvgIpc) is 0. The van der Waals surface area contributed by atoms with Gasteiger partial charge < -0.3 is 49.6 Å². The van der Waals surface area contributed by atoms with Gasteiger partial charge in [-0.2, -0.15) is 0 Å². The molecular weight excluding hydrogens is 238 g/mol. The van der Waals surface area contributed by atoms with Crippen LogP contribution in [0.25, 0.3) is 0 Å². The zero-order valence-electron chi connectivity index (χ0n) is 2.57. The van der Waals surface area contributed by atoms with Crippen molar-refractivity contribution in [2.75, 3.05) is 0 Å². The van der Waals surface area contributed by atoms with Crippen molar-refractivity contribution >= 4 is 37.7 Å². The summed E-state index contributed by atoms with van der Waals surface area (Å²) >= 11 is 0. The van der Waals surface area contributed by atoms with E-state index in [0.29, 0.717) is 0 Å². The summed E-state index contributed by atoms with van der Waals surface area (Å²) in [6.07, 6.45) is 0. The quantitative estimate of drug-likeness (QED) is 0.367. The Kier molecular flexibility index (Phi) is 481. The van der Waals surface area contributed by atoms with Crippen LogP contribution in [0.15, 0.2) is 0 Å². The monoisotopic (exact) mass is 236 g/mol. The summed E-state index contributed by atoms with van der Waals surface area (Å²) in [6, 6.07) is 0. The van der Waals surface area contributed by atoms with Crippen LogP contribution in [0.4, 0.5) is 0 Å². The number of hydrogen-bond donors (Lipinski definition) is 0. The van der Waals surface area contributed by atoms with Crippen molar-refractivity contribution in [2.24, 2.45) is 0 Å². The van der Waals surface area contributed by atoms with E-state index in [1.165, 1.54) is 0 Å². The third-order valence-corrected chi connectivity index (χ3v) is 0. The van der Waals surface area contributed by atoms with Gasteiger partial charge in [0, 0.05) is 0 Å². The van der Waals surface area contributed by atoms with Crippen LogP contribution in [0, 0.1) is 0 Å². The van der Waals surface area contributed by atoms with Crippen molar-refractivity contribution in [3.63, 3.8) is 0 Å². The van der Waals surface area contributed by atoms with Gasteiger partial charge in [0.05, 0.1) is 0 Å². The van der Waals surface area contributed by atoms with E-state index in [1.54, 1.807) is 0 Å². The first-order valence-corrected chi connectivity index (χ1v) is 0. The number of rotatable bonds is 0. The summed E-state index contributed by atoms with van der Waals surface area (Å²) in [5, 5.41) is 0. The Morgan fingerprint density at radius 2 is 0.500 bits per heavy atom. The predicted octanol–water partition coefficient (Wildman–Crippen LogP) is -12.4. The second-order valence-corrected chi connectivity index (χ2v) is 0. The van der Waals surface area contributed by atoms with E-state index in [4.69, 9.17) is 0 Å². The summed E-state index contributed by atoms with van der Waals surface area (Å²) in [7, 11) is 0. The smallest absolute Gasteiger partial charge is 1.00 e. The normalized spacial score (nSPS) is 0. The Balaban J connectivity index is 0. The average molecular weight is 238 g/mol. The molecule has 0 nitrogen and oxygen atoms in total. The molecule has 0 aromatic heterocycles. The predicted molar refractivity (Wildman–Crippen MR) is 5.75 cm³/mol. The fourth-order valence-corrected chi connectivity index (χ4v) is 0. The SMILES string of the molecule is [Ca+2].[Cl-].[Cl-].[Cl-].[Cl-].[Fe+2]. The van der Waals surface area contributed by atoms with Crippen LogP contribution in [0.5, 0.6) is 0 Å². The first-order valence-electron chi connectivity index (χ1n) is 0.